The summed E-state index contributed by atoms with van der Waals surface area (Å²) >= 11 is 18.3. The van der Waals surface area contributed by atoms with E-state index < -0.39 is 0 Å². The zero-order valence-corrected chi connectivity index (χ0v) is 12.2. The van der Waals surface area contributed by atoms with E-state index in [1.54, 1.807) is 12.1 Å². The number of anilines is 2. The van der Waals surface area contributed by atoms with E-state index in [2.05, 4.69) is 10.3 Å². The van der Waals surface area contributed by atoms with Crippen LogP contribution in [0.2, 0.25) is 15.1 Å². The molecule has 0 radical (unpaired) electrons. The van der Waals surface area contributed by atoms with Gasteiger partial charge in [0.1, 0.15) is 0 Å². The van der Waals surface area contributed by atoms with Crippen molar-refractivity contribution in [3.05, 3.63) is 50.7 Å². The Labute approximate surface area is 121 Å². The molecule has 1 heterocycles. The van der Waals surface area contributed by atoms with Gasteiger partial charge in [0, 0.05) is 10.7 Å². The molecule has 2 nitrogen and oxygen atoms in total. The van der Waals surface area contributed by atoms with Crippen LogP contribution in [0.5, 0.6) is 0 Å². The standard InChI is InChI=1S/C13H11Cl3N2/c1-7-11(15)13(12(16)8(2)17-7)18-10-5-3-9(14)4-6-10/h3-6H,1-2H3,(H,17,18). The van der Waals surface area contributed by atoms with Crippen LogP contribution in [0.1, 0.15) is 11.4 Å². The number of pyridine rings is 1. The fourth-order valence-electron chi connectivity index (χ4n) is 1.60. The van der Waals surface area contributed by atoms with Gasteiger partial charge in [-0.15, -0.1) is 0 Å². The molecule has 5 heteroatoms. The van der Waals surface area contributed by atoms with E-state index in [0.29, 0.717) is 20.8 Å². The first-order valence-corrected chi connectivity index (χ1v) is 6.47. The molecule has 18 heavy (non-hydrogen) atoms. The summed E-state index contributed by atoms with van der Waals surface area (Å²) in [7, 11) is 0. The zero-order chi connectivity index (χ0) is 13.3. The number of hydrogen-bond acceptors (Lipinski definition) is 2. The largest absolute Gasteiger partial charge is 0.353 e. The maximum absolute atomic E-state index is 6.22. The van der Waals surface area contributed by atoms with Crippen LogP contribution in [0.25, 0.3) is 0 Å². The molecule has 1 aromatic heterocycles. The monoisotopic (exact) mass is 300 g/mol. The average molecular weight is 302 g/mol. The zero-order valence-electron chi connectivity index (χ0n) is 9.89. The second-order valence-electron chi connectivity index (χ2n) is 3.92. The van der Waals surface area contributed by atoms with Gasteiger partial charge < -0.3 is 5.32 Å². The lowest BCUT2D eigenvalue weighted by molar-refractivity contribution is 1.12. The van der Waals surface area contributed by atoms with Crippen molar-refractivity contribution >= 4 is 46.2 Å². The van der Waals surface area contributed by atoms with Crippen molar-refractivity contribution in [3.63, 3.8) is 0 Å². The predicted molar refractivity (Wildman–Crippen MR) is 78.5 cm³/mol. The van der Waals surface area contributed by atoms with Crippen LogP contribution in [0.3, 0.4) is 0 Å². The van der Waals surface area contributed by atoms with Gasteiger partial charge in [-0.2, -0.15) is 0 Å². The number of aromatic nitrogens is 1. The van der Waals surface area contributed by atoms with Gasteiger partial charge in [-0.05, 0) is 38.1 Å². The molecule has 94 valence electrons. The molecule has 0 saturated heterocycles. The number of aryl methyl sites for hydroxylation is 2. The van der Waals surface area contributed by atoms with Crippen LogP contribution < -0.4 is 5.32 Å². The van der Waals surface area contributed by atoms with Crippen LogP contribution >= 0.6 is 34.8 Å². The van der Waals surface area contributed by atoms with Crippen LogP contribution in [0.4, 0.5) is 11.4 Å². The van der Waals surface area contributed by atoms with E-state index in [1.165, 1.54) is 0 Å². The summed E-state index contributed by atoms with van der Waals surface area (Å²) in [5, 5.41) is 4.92. The topological polar surface area (TPSA) is 24.9 Å². The molecular weight excluding hydrogens is 291 g/mol. The molecule has 0 unspecified atom stereocenters. The molecule has 0 saturated carbocycles. The van der Waals surface area contributed by atoms with E-state index >= 15 is 0 Å². The van der Waals surface area contributed by atoms with Crippen molar-refractivity contribution in [1.82, 2.24) is 4.98 Å². The van der Waals surface area contributed by atoms with Gasteiger partial charge in [0.2, 0.25) is 0 Å². The first-order valence-electron chi connectivity index (χ1n) is 5.34. The minimum absolute atomic E-state index is 0.528. The van der Waals surface area contributed by atoms with Crippen LogP contribution in [0, 0.1) is 13.8 Å². The molecule has 1 aromatic carbocycles. The molecule has 1 N–H and O–H groups in total. The van der Waals surface area contributed by atoms with E-state index in [9.17, 15) is 0 Å². The smallest absolute Gasteiger partial charge is 0.0868 e. The summed E-state index contributed by atoms with van der Waals surface area (Å²) in [5.74, 6) is 0. The molecule has 0 atom stereocenters. The van der Waals surface area contributed by atoms with Gasteiger partial charge in [-0.3, -0.25) is 4.98 Å². The third-order valence-corrected chi connectivity index (χ3v) is 3.70. The van der Waals surface area contributed by atoms with Gasteiger partial charge in [0.25, 0.3) is 0 Å². The second kappa shape index (κ2) is 5.35. The summed E-state index contributed by atoms with van der Waals surface area (Å²) in [6, 6.07) is 7.32. The van der Waals surface area contributed by atoms with Crippen molar-refractivity contribution < 1.29 is 0 Å². The van der Waals surface area contributed by atoms with Crippen molar-refractivity contribution in [2.24, 2.45) is 0 Å². The molecule has 0 fully saturated rings. The minimum Gasteiger partial charge on any atom is -0.353 e. The van der Waals surface area contributed by atoms with E-state index in [1.807, 2.05) is 26.0 Å². The number of nitrogens with one attached hydrogen (secondary N) is 1. The summed E-state index contributed by atoms with van der Waals surface area (Å²) in [6.07, 6.45) is 0. The maximum Gasteiger partial charge on any atom is 0.0868 e. The molecule has 2 rings (SSSR count). The van der Waals surface area contributed by atoms with Crippen LogP contribution in [-0.4, -0.2) is 4.98 Å². The predicted octanol–water partition coefficient (Wildman–Crippen LogP) is 5.40. The Hall–Kier alpha value is -0.960. The molecule has 0 bridgehead atoms. The van der Waals surface area contributed by atoms with Gasteiger partial charge in [0.05, 0.1) is 27.1 Å². The molecule has 0 spiro atoms. The lowest BCUT2D eigenvalue weighted by Crippen LogP contribution is -1.98. The average Bonchev–Trinajstić information content (AvgIpc) is 2.34. The first kappa shape index (κ1) is 13.5. The van der Waals surface area contributed by atoms with Gasteiger partial charge in [-0.1, -0.05) is 34.8 Å². The molecular formula is C13H11Cl3N2. The maximum atomic E-state index is 6.22. The third-order valence-electron chi connectivity index (χ3n) is 2.52. The quantitative estimate of drug-likeness (QED) is 0.803. The Kier molecular flexibility index (Phi) is 4.00. The number of hydrogen-bond donors (Lipinski definition) is 1. The Morgan fingerprint density at radius 3 is 1.89 bits per heavy atom. The number of halogens is 3. The fourth-order valence-corrected chi connectivity index (χ4v) is 2.14. The Morgan fingerprint density at radius 2 is 1.39 bits per heavy atom. The normalized spacial score (nSPS) is 10.5. The molecule has 0 amide bonds. The van der Waals surface area contributed by atoms with Crippen molar-refractivity contribution in [3.8, 4) is 0 Å². The SMILES string of the molecule is Cc1nc(C)c(Cl)c(Nc2ccc(Cl)cc2)c1Cl. The molecule has 0 aliphatic carbocycles. The number of rotatable bonds is 2. The lowest BCUT2D eigenvalue weighted by Gasteiger charge is -2.13. The van der Waals surface area contributed by atoms with Crippen molar-refractivity contribution in [1.29, 1.82) is 0 Å². The summed E-state index contributed by atoms with van der Waals surface area (Å²) in [4.78, 5) is 4.26. The highest BCUT2D eigenvalue weighted by molar-refractivity contribution is 6.40. The highest BCUT2D eigenvalue weighted by atomic mass is 35.5. The van der Waals surface area contributed by atoms with Crippen molar-refractivity contribution in [2.45, 2.75) is 13.8 Å². The summed E-state index contributed by atoms with van der Waals surface area (Å²) in [5.41, 5.74) is 3.03. The van der Waals surface area contributed by atoms with E-state index in [-0.39, 0.29) is 0 Å². The molecule has 2 aromatic rings. The minimum atomic E-state index is 0.528. The highest BCUT2D eigenvalue weighted by Gasteiger charge is 2.13. The van der Waals surface area contributed by atoms with Crippen LogP contribution in [-0.2, 0) is 0 Å². The number of nitrogens with zero attached hydrogens (tertiary/aromatic N) is 1. The van der Waals surface area contributed by atoms with Gasteiger partial charge in [-0.25, -0.2) is 0 Å². The Bertz CT molecular complexity index is 554. The molecule has 0 aliphatic rings. The summed E-state index contributed by atoms with van der Waals surface area (Å²) in [6.45, 7) is 3.69. The highest BCUT2D eigenvalue weighted by Crippen LogP contribution is 2.36. The lowest BCUT2D eigenvalue weighted by atomic mass is 10.2. The Balaban J connectivity index is 2.42. The molecule has 0 aliphatic heterocycles. The van der Waals surface area contributed by atoms with E-state index in [4.69, 9.17) is 34.8 Å². The first-order chi connectivity index (χ1) is 8.49. The van der Waals surface area contributed by atoms with Gasteiger partial charge >= 0.3 is 0 Å². The fraction of sp³-hybridized carbons (Fsp3) is 0.154. The number of benzene rings is 1. The second-order valence-corrected chi connectivity index (χ2v) is 5.11. The van der Waals surface area contributed by atoms with Gasteiger partial charge in [0.15, 0.2) is 0 Å². The van der Waals surface area contributed by atoms with Crippen molar-refractivity contribution in [2.75, 3.05) is 5.32 Å². The summed E-state index contributed by atoms with van der Waals surface area (Å²) < 4.78 is 0. The van der Waals surface area contributed by atoms with E-state index in [0.717, 1.165) is 17.1 Å². The third kappa shape index (κ3) is 2.72. The van der Waals surface area contributed by atoms with Crippen LogP contribution in [0.15, 0.2) is 24.3 Å². The Morgan fingerprint density at radius 1 is 0.889 bits per heavy atom.